The topological polar surface area (TPSA) is 58.6 Å². The molecule has 0 aromatic heterocycles. The minimum atomic E-state index is -3.41. The molecular weight excluding hydrogens is 396 g/mol. The van der Waals surface area contributed by atoms with Crippen LogP contribution < -0.4 is 9.46 Å². The molecule has 5 nitrogen and oxygen atoms in total. The first-order valence-electron chi connectivity index (χ1n) is 11.0. The van der Waals surface area contributed by atoms with Crippen molar-refractivity contribution < 1.29 is 13.2 Å². The summed E-state index contributed by atoms with van der Waals surface area (Å²) >= 11 is 0. The Labute approximate surface area is 179 Å². The van der Waals surface area contributed by atoms with Gasteiger partial charge in [0.15, 0.2) is 0 Å². The van der Waals surface area contributed by atoms with E-state index in [-0.39, 0.29) is 11.6 Å². The fourth-order valence-electron chi connectivity index (χ4n) is 5.73. The number of hydrogen-bond donors (Lipinski definition) is 1. The van der Waals surface area contributed by atoms with Gasteiger partial charge in [-0.15, -0.1) is 0 Å². The van der Waals surface area contributed by atoms with Crippen LogP contribution in [0.1, 0.15) is 43.4 Å². The highest BCUT2D eigenvalue weighted by Gasteiger charge is 2.59. The van der Waals surface area contributed by atoms with Crippen LogP contribution in [-0.4, -0.2) is 30.8 Å². The Morgan fingerprint density at radius 1 is 1.07 bits per heavy atom. The second kappa shape index (κ2) is 7.36. The monoisotopic (exact) mass is 426 g/mol. The molecule has 1 aliphatic heterocycles. The van der Waals surface area contributed by atoms with E-state index in [1.807, 2.05) is 32.0 Å². The van der Waals surface area contributed by atoms with Crippen LogP contribution in [0.3, 0.4) is 0 Å². The summed E-state index contributed by atoms with van der Waals surface area (Å²) in [6.07, 6.45) is 4.00. The van der Waals surface area contributed by atoms with Gasteiger partial charge in [0.1, 0.15) is 12.4 Å². The summed E-state index contributed by atoms with van der Waals surface area (Å²) in [6, 6.07) is 16.6. The van der Waals surface area contributed by atoms with Crippen LogP contribution in [0.5, 0.6) is 5.75 Å². The van der Waals surface area contributed by atoms with E-state index in [4.69, 9.17) is 4.74 Å². The maximum atomic E-state index is 12.8. The Morgan fingerprint density at radius 3 is 2.43 bits per heavy atom. The van der Waals surface area contributed by atoms with Gasteiger partial charge in [0, 0.05) is 12.6 Å². The summed E-state index contributed by atoms with van der Waals surface area (Å²) in [6.45, 7) is 5.07. The van der Waals surface area contributed by atoms with Crippen molar-refractivity contribution in [3.63, 3.8) is 0 Å². The Bertz CT molecular complexity index is 1040. The van der Waals surface area contributed by atoms with Gasteiger partial charge in [-0.2, -0.15) is 17.4 Å². The molecular formula is C24H30N2O3S. The van der Waals surface area contributed by atoms with E-state index in [2.05, 4.69) is 35.1 Å². The van der Waals surface area contributed by atoms with E-state index in [9.17, 15) is 8.42 Å². The lowest BCUT2D eigenvalue weighted by atomic mass is 9.79. The van der Waals surface area contributed by atoms with Crippen LogP contribution >= 0.6 is 0 Å². The molecule has 2 bridgehead atoms. The molecule has 0 radical (unpaired) electrons. The number of rotatable bonds is 4. The predicted octanol–water partition coefficient (Wildman–Crippen LogP) is 3.69. The lowest BCUT2D eigenvalue weighted by Crippen LogP contribution is -2.52. The molecule has 160 valence electrons. The molecule has 1 N–H and O–H groups in total. The minimum Gasteiger partial charge on any atom is -0.489 e. The van der Waals surface area contributed by atoms with Gasteiger partial charge >= 0.3 is 0 Å². The maximum Gasteiger partial charge on any atom is 0.280 e. The molecule has 1 saturated carbocycles. The van der Waals surface area contributed by atoms with Gasteiger partial charge < -0.3 is 4.74 Å². The van der Waals surface area contributed by atoms with Gasteiger partial charge in [-0.05, 0) is 80.2 Å². The normalized spacial score (nSPS) is 29.8. The Kier molecular flexibility index (Phi) is 4.92. The molecule has 1 heterocycles. The first-order chi connectivity index (χ1) is 14.4. The van der Waals surface area contributed by atoms with E-state index in [1.165, 1.54) is 11.1 Å². The second-order valence-corrected chi connectivity index (χ2v) is 11.0. The summed E-state index contributed by atoms with van der Waals surface area (Å²) in [5, 5.41) is 0. The minimum absolute atomic E-state index is 0.0232. The fourth-order valence-corrected chi connectivity index (χ4v) is 7.67. The first kappa shape index (κ1) is 20.0. The maximum absolute atomic E-state index is 12.8. The molecule has 2 aliphatic carbocycles. The molecule has 2 fully saturated rings. The zero-order valence-corrected chi connectivity index (χ0v) is 18.5. The number of benzene rings is 2. The molecule has 2 aromatic rings. The van der Waals surface area contributed by atoms with Crippen LogP contribution in [0.15, 0.2) is 48.5 Å². The van der Waals surface area contributed by atoms with Crippen molar-refractivity contribution >= 4 is 10.2 Å². The second-order valence-electron chi connectivity index (χ2n) is 9.37. The molecule has 6 heteroatoms. The molecule has 1 spiro atoms. The van der Waals surface area contributed by atoms with Crippen LogP contribution in [0.25, 0.3) is 0 Å². The van der Waals surface area contributed by atoms with E-state index in [1.54, 1.807) is 4.31 Å². The van der Waals surface area contributed by atoms with E-state index in [0.717, 1.165) is 37.0 Å². The summed E-state index contributed by atoms with van der Waals surface area (Å²) in [5.41, 5.74) is 3.47. The highest BCUT2D eigenvalue weighted by molar-refractivity contribution is 7.87. The van der Waals surface area contributed by atoms with E-state index < -0.39 is 10.2 Å². The highest BCUT2D eigenvalue weighted by atomic mass is 32.2. The van der Waals surface area contributed by atoms with Crippen molar-refractivity contribution in [2.75, 3.05) is 6.54 Å². The number of hydrogen-bond acceptors (Lipinski definition) is 3. The largest absolute Gasteiger partial charge is 0.489 e. The van der Waals surface area contributed by atoms with Crippen LogP contribution in [0, 0.1) is 11.8 Å². The summed E-state index contributed by atoms with van der Waals surface area (Å²) in [5.74, 6) is 1.56. The van der Waals surface area contributed by atoms with Gasteiger partial charge in [0.25, 0.3) is 10.2 Å². The fraction of sp³-hybridized carbons (Fsp3) is 0.500. The van der Waals surface area contributed by atoms with E-state index in [0.29, 0.717) is 25.0 Å². The third kappa shape index (κ3) is 3.35. The van der Waals surface area contributed by atoms with Crippen molar-refractivity contribution in [3.05, 3.63) is 65.2 Å². The predicted molar refractivity (Wildman–Crippen MR) is 117 cm³/mol. The zero-order valence-electron chi connectivity index (χ0n) is 17.7. The van der Waals surface area contributed by atoms with Gasteiger partial charge in [-0.1, -0.05) is 36.4 Å². The molecule has 2 aromatic carbocycles. The van der Waals surface area contributed by atoms with Crippen molar-refractivity contribution in [1.82, 2.24) is 9.03 Å². The molecule has 0 amide bonds. The Balaban J connectivity index is 1.39. The third-order valence-corrected chi connectivity index (χ3v) is 9.11. The van der Waals surface area contributed by atoms with Gasteiger partial charge in [-0.3, -0.25) is 0 Å². The number of fused-ring (bicyclic) bond motifs is 1. The van der Waals surface area contributed by atoms with Crippen LogP contribution in [-0.2, 0) is 29.7 Å². The zero-order chi connectivity index (χ0) is 20.9. The van der Waals surface area contributed by atoms with Gasteiger partial charge in [0.05, 0.1) is 5.54 Å². The Morgan fingerprint density at radius 2 is 1.77 bits per heavy atom. The van der Waals surface area contributed by atoms with Crippen LogP contribution in [0.2, 0.25) is 0 Å². The van der Waals surface area contributed by atoms with Crippen molar-refractivity contribution in [2.24, 2.45) is 11.8 Å². The lowest BCUT2D eigenvalue weighted by Gasteiger charge is -2.34. The lowest BCUT2D eigenvalue weighted by molar-refractivity contribution is 0.202. The number of nitrogens with one attached hydrogen (secondary N) is 1. The molecule has 1 saturated heterocycles. The van der Waals surface area contributed by atoms with Gasteiger partial charge in [0.2, 0.25) is 0 Å². The Hall–Kier alpha value is -1.89. The molecule has 5 rings (SSSR count). The molecule has 30 heavy (non-hydrogen) atoms. The number of nitrogens with zero attached hydrogens (tertiary/aromatic N) is 1. The van der Waals surface area contributed by atoms with Crippen LogP contribution in [0.4, 0.5) is 0 Å². The summed E-state index contributed by atoms with van der Waals surface area (Å²) in [7, 11) is -3.41. The van der Waals surface area contributed by atoms with Crippen molar-refractivity contribution in [3.8, 4) is 5.75 Å². The SMILES string of the molecule is CC(C)N1C[C@@]2(NS1(=O)=O)[C@@H]1CC[C@H]2Cc2cc(OCc3ccccc3)ccc2C1. The summed E-state index contributed by atoms with van der Waals surface area (Å²) < 4.78 is 36.6. The smallest absolute Gasteiger partial charge is 0.280 e. The summed E-state index contributed by atoms with van der Waals surface area (Å²) in [4.78, 5) is 0. The quantitative estimate of drug-likeness (QED) is 0.811. The standard InChI is InChI=1S/C24H30N2O3S/c1-17(2)26-16-24(25-30(26,27)28)21-9-10-22(24)13-20-14-23(11-8-19(20)12-21)29-15-18-6-4-3-5-7-18/h3-8,11,14,17,21-22,25H,9-10,12-13,15-16H2,1-2H3/t21-,22+,24-/m1/s1. The average molecular weight is 427 g/mol. The first-order valence-corrected chi connectivity index (χ1v) is 12.4. The van der Waals surface area contributed by atoms with Gasteiger partial charge in [-0.25, -0.2) is 0 Å². The molecule has 3 atom stereocenters. The van der Waals surface area contributed by atoms with E-state index >= 15 is 0 Å². The molecule has 3 aliphatic rings. The molecule has 0 unspecified atom stereocenters. The third-order valence-electron chi connectivity index (χ3n) is 7.30. The number of ether oxygens (including phenoxy) is 1. The average Bonchev–Trinajstić information content (AvgIpc) is 3.13. The van der Waals surface area contributed by atoms with Crippen molar-refractivity contribution in [1.29, 1.82) is 0 Å². The van der Waals surface area contributed by atoms with Crippen molar-refractivity contribution in [2.45, 2.75) is 57.7 Å². The highest BCUT2D eigenvalue weighted by Crippen LogP contribution is 2.50.